The third-order valence-electron chi connectivity index (χ3n) is 2.60. The lowest BCUT2D eigenvalue weighted by Crippen LogP contribution is -2.35. The third-order valence-corrected chi connectivity index (χ3v) is 2.60. The maximum Gasteiger partial charge on any atom is 0.150 e. The summed E-state index contributed by atoms with van der Waals surface area (Å²) in [6, 6.07) is 2.07. The van der Waals surface area contributed by atoms with Crippen LogP contribution in [-0.2, 0) is 17.7 Å². The minimum atomic E-state index is 0.829. The zero-order valence-electron chi connectivity index (χ0n) is 9.24. The van der Waals surface area contributed by atoms with Crippen molar-refractivity contribution in [3.8, 4) is 0 Å². The number of aryl methyl sites for hydroxylation is 1. The molecule has 15 heavy (non-hydrogen) atoms. The van der Waals surface area contributed by atoms with Gasteiger partial charge in [0.05, 0.1) is 25.5 Å². The summed E-state index contributed by atoms with van der Waals surface area (Å²) in [5.41, 5.74) is 1.07. The van der Waals surface area contributed by atoms with Crippen molar-refractivity contribution < 1.29 is 9.26 Å². The number of hydrogen-bond acceptors (Lipinski definition) is 4. The van der Waals surface area contributed by atoms with Gasteiger partial charge in [0.25, 0.3) is 0 Å². The van der Waals surface area contributed by atoms with Gasteiger partial charge in [-0.3, -0.25) is 4.90 Å². The predicted octanol–water partition coefficient (Wildman–Crippen LogP) is 1.46. The zero-order valence-corrected chi connectivity index (χ0v) is 9.24. The van der Waals surface area contributed by atoms with Gasteiger partial charge in [-0.25, -0.2) is 0 Å². The minimum absolute atomic E-state index is 0.829. The highest BCUT2D eigenvalue weighted by atomic mass is 16.5. The molecule has 1 aromatic heterocycles. The zero-order chi connectivity index (χ0) is 10.5. The van der Waals surface area contributed by atoms with E-state index in [0.717, 1.165) is 57.1 Å². The molecule has 0 aromatic carbocycles. The van der Waals surface area contributed by atoms with Crippen molar-refractivity contribution in [2.45, 2.75) is 26.3 Å². The quantitative estimate of drug-likeness (QED) is 0.754. The third kappa shape index (κ3) is 3.04. The van der Waals surface area contributed by atoms with E-state index in [9.17, 15) is 0 Å². The standard InChI is InChI=1S/C11H18N2O2/c1-2-3-10-8-11(15-12-10)9-13-4-6-14-7-5-13/h8H,2-7,9H2,1H3. The van der Waals surface area contributed by atoms with Crippen LogP contribution in [0.2, 0.25) is 0 Å². The number of ether oxygens (including phenoxy) is 1. The van der Waals surface area contributed by atoms with E-state index < -0.39 is 0 Å². The molecule has 0 amide bonds. The van der Waals surface area contributed by atoms with E-state index in [-0.39, 0.29) is 0 Å². The van der Waals surface area contributed by atoms with Crippen molar-refractivity contribution in [2.24, 2.45) is 0 Å². The SMILES string of the molecule is CCCc1cc(CN2CCOCC2)on1. The Balaban J connectivity index is 1.86. The van der Waals surface area contributed by atoms with Gasteiger partial charge in [0.1, 0.15) is 0 Å². The van der Waals surface area contributed by atoms with Gasteiger partial charge in [-0.15, -0.1) is 0 Å². The smallest absolute Gasteiger partial charge is 0.150 e. The van der Waals surface area contributed by atoms with Gasteiger partial charge in [-0.05, 0) is 6.42 Å². The largest absolute Gasteiger partial charge is 0.379 e. The molecule has 0 radical (unpaired) electrons. The number of rotatable bonds is 4. The van der Waals surface area contributed by atoms with Crippen LogP contribution in [0.1, 0.15) is 24.8 Å². The number of nitrogens with zero attached hydrogens (tertiary/aromatic N) is 2. The molecule has 1 saturated heterocycles. The highest BCUT2D eigenvalue weighted by Gasteiger charge is 2.13. The first-order valence-electron chi connectivity index (χ1n) is 5.63. The van der Waals surface area contributed by atoms with E-state index in [4.69, 9.17) is 9.26 Å². The van der Waals surface area contributed by atoms with Crippen molar-refractivity contribution in [1.82, 2.24) is 10.1 Å². The lowest BCUT2D eigenvalue weighted by molar-refractivity contribution is 0.0305. The first kappa shape index (κ1) is 10.6. The Hall–Kier alpha value is -0.870. The molecule has 0 aliphatic carbocycles. The van der Waals surface area contributed by atoms with E-state index in [2.05, 4.69) is 23.0 Å². The Kier molecular flexibility index (Phi) is 3.75. The Morgan fingerprint density at radius 2 is 2.20 bits per heavy atom. The molecule has 1 fully saturated rings. The molecule has 1 aromatic rings. The summed E-state index contributed by atoms with van der Waals surface area (Å²) in [7, 11) is 0. The fourth-order valence-electron chi connectivity index (χ4n) is 1.78. The molecule has 0 bridgehead atoms. The molecule has 0 atom stereocenters. The summed E-state index contributed by atoms with van der Waals surface area (Å²) in [6.07, 6.45) is 2.12. The molecular weight excluding hydrogens is 192 g/mol. The van der Waals surface area contributed by atoms with Gasteiger partial charge in [-0.2, -0.15) is 0 Å². The second-order valence-corrected chi connectivity index (χ2v) is 3.92. The lowest BCUT2D eigenvalue weighted by Gasteiger charge is -2.25. The summed E-state index contributed by atoms with van der Waals surface area (Å²) in [6.45, 7) is 6.65. The van der Waals surface area contributed by atoms with Crippen LogP contribution < -0.4 is 0 Å². The van der Waals surface area contributed by atoms with Crippen LogP contribution in [0.5, 0.6) is 0 Å². The first-order chi connectivity index (χ1) is 7.38. The van der Waals surface area contributed by atoms with Crippen LogP contribution in [0.25, 0.3) is 0 Å². The van der Waals surface area contributed by atoms with Crippen molar-refractivity contribution in [3.05, 3.63) is 17.5 Å². The fraction of sp³-hybridized carbons (Fsp3) is 0.727. The maximum atomic E-state index is 5.29. The van der Waals surface area contributed by atoms with Crippen LogP contribution in [0, 0.1) is 0 Å². The summed E-state index contributed by atoms with van der Waals surface area (Å²) >= 11 is 0. The van der Waals surface area contributed by atoms with E-state index in [1.54, 1.807) is 0 Å². The second-order valence-electron chi connectivity index (χ2n) is 3.92. The molecule has 2 heterocycles. The van der Waals surface area contributed by atoms with Crippen LogP contribution in [0.3, 0.4) is 0 Å². The summed E-state index contributed by atoms with van der Waals surface area (Å²) < 4.78 is 10.6. The average molecular weight is 210 g/mol. The summed E-state index contributed by atoms with van der Waals surface area (Å²) in [4.78, 5) is 2.33. The maximum absolute atomic E-state index is 5.29. The molecule has 1 aliphatic rings. The van der Waals surface area contributed by atoms with Gasteiger partial charge in [0.15, 0.2) is 5.76 Å². The fourth-order valence-corrected chi connectivity index (χ4v) is 1.78. The van der Waals surface area contributed by atoms with E-state index in [1.807, 2.05) is 0 Å². The molecule has 0 N–H and O–H groups in total. The van der Waals surface area contributed by atoms with Crippen molar-refractivity contribution in [1.29, 1.82) is 0 Å². The van der Waals surface area contributed by atoms with E-state index >= 15 is 0 Å². The molecule has 0 spiro atoms. The van der Waals surface area contributed by atoms with Crippen LogP contribution in [-0.4, -0.2) is 36.4 Å². The number of hydrogen-bond donors (Lipinski definition) is 0. The molecule has 4 heteroatoms. The minimum Gasteiger partial charge on any atom is -0.379 e. The van der Waals surface area contributed by atoms with Crippen LogP contribution in [0.15, 0.2) is 10.6 Å². The highest BCUT2D eigenvalue weighted by Crippen LogP contribution is 2.10. The molecule has 0 unspecified atom stereocenters. The van der Waals surface area contributed by atoms with Crippen LogP contribution >= 0.6 is 0 Å². The Bertz CT molecular complexity index is 293. The highest BCUT2D eigenvalue weighted by molar-refractivity contribution is 5.05. The van der Waals surface area contributed by atoms with E-state index in [1.165, 1.54) is 0 Å². The molecule has 0 saturated carbocycles. The second kappa shape index (κ2) is 5.28. The lowest BCUT2D eigenvalue weighted by atomic mass is 10.2. The van der Waals surface area contributed by atoms with Gasteiger partial charge in [-0.1, -0.05) is 18.5 Å². The average Bonchev–Trinajstić information content (AvgIpc) is 2.68. The van der Waals surface area contributed by atoms with Crippen molar-refractivity contribution in [2.75, 3.05) is 26.3 Å². The van der Waals surface area contributed by atoms with Crippen molar-refractivity contribution in [3.63, 3.8) is 0 Å². The first-order valence-corrected chi connectivity index (χ1v) is 5.63. The Labute approximate surface area is 90.2 Å². The van der Waals surface area contributed by atoms with Gasteiger partial charge in [0, 0.05) is 19.2 Å². The normalized spacial score (nSPS) is 18.2. The van der Waals surface area contributed by atoms with E-state index in [0.29, 0.717) is 0 Å². The Morgan fingerprint density at radius 3 is 2.93 bits per heavy atom. The topological polar surface area (TPSA) is 38.5 Å². The summed E-state index contributed by atoms with van der Waals surface area (Å²) in [5.74, 6) is 0.973. The van der Waals surface area contributed by atoms with Crippen LogP contribution in [0.4, 0.5) is 0 Å². The molecule has 1 aliphatic heterocycles. The number of morpholine rings is 1. The molecule has 4 nitrogen and oxygen atoms in total. The molecule has 2 rings (SSSR count). The van der Waals surface area contributed by atoms with Gasteiger partial charge < -0.3 is 9.26 Å². The van der Waals surface area contributed by atoms with Gasteiger partial charge >= 0.3 is 0 Å². The molecular formula is C11H18N2O2. The summed E-state index contributed by atoms with van der Waals surface area (Å²) in [5, 5.41) is 4.04. The Morgan fingerprint density at radius 1 is 1.40 bits per heavy atom. The van der Waals surface area contributed by atoms with Gasteiger partial charge in [0.2, 0.25) is 0 Å². The van der Waals surface area contributed by atoms with Crippen molar-refractivity contribution >= 4 is 0 Å². The molecule has 84 valence electrons. The number of aromatic nitrogens is 1. The monoisotopic (exact) mass is 210 g/mol. The predicted molar refractivity (Wildman–Crippen MR) is 56.6 cm³/mol.